The van der Waals surface area contributed by atoms with Gasteiger partial charge >= 0.3 is 0 Å². The lowest BCUT2D eigenvalue weighted by atomic mass is 10.0. The quantitative estimate of drug-likeness (QED) is 0.687. The summed E-state index contributed by atoms with van der Waals surface area (Å²) in [7, 11) is 3.73. The topological polar surface area (TPSA) is 26.0 Å². The normalized spacial score (nSPS) is 10.4. The molecule has 0 saturated carbocycles. The molecule has 0 radical (unpaired) electrons. The van der Waals surface area contributed by atoms with Crippen LogP contribution in [0.5, 0.6) is 5.75 Å². The Kier molecular flexibility index (Phi) is 3.65. The molecule has 0 amide bonds. The first-order valence-electron chi connectivity index (χ1n) is 6.83. The highest BCUT2D eigenvalue weighted by Crippen LogP contribution is 2.32. The Morgan fingerprint density at radius 3 is 2.62 bits per heavy atom. The number of aromatic nitrogens is 2. The van der Waals surface area contributed by atoms with Crippen molar-refractivity contribution >= 4 is 0 Å². The van der Waals surface area contributed by atoms with E-state index in [1.165, 1.54) is 0 Å². The summed E-state index contributed by atoms with van der Waals surface area (Å²) in [5.74, 6) is 0.859. The summed E-state index contributed by atoms with van der Waals surface area (Å²) in [6, 6.07) is 16.4. The summed E-state index contributed by atoms with van der Waals surface area (Å²) >= 11 is 0. The first kappa shape index (κ1) is 13.3. The third-order valence-electron chi connectivity index (χ3n) is 3.53. The highest BCUT2D eigenvalue weighted by Gasteiger charge is 2.15. The van der Waals surface area contributed by atoms with Crippen LogP contribution in [0.15, 0.2) is 67.1 Å². The van der Waals surface area contributed by atoms with E-state index in [1.807, 2.05) is 43.7 Å². The van der Waals surface area contributed by atoms with E-state index in [1.54, 1.807) is 13.3 Å². The molecular formula is C18H17N2O+. The molecule has 3 aromatic rings. The maximum atomic E-state index is 5.58. The Labute approximate surface area is 124 Å². The summed E-state index contributed by atoms with van der Waals surface area (Å²) < 4.78 is 7.67. The van der Waals surface area contributed by atoms with E-state index in [9.17, 15) is 0 Å². The van der Waals surface area contributed by atoms with Crippen LogP contribution in [-0.4, -0.2) is 12.1 Å². The number of rotatable bonds is 3. The Bertz CT molecular complexity index is 754. The Hall–Kier alpha value is -2.68. The highest BCUT2D eigenvalue weighted by atomic mass is 16.5. The number of methoxy groups -OCH3 is 1. The Morgan fingerprint density at radius 1 is 1.00 bits per heavy atom. The van der Waals surface area contributed by atoms with Gasteiger partial charge in [0.25, 0.3) is 0 Å². The monoisotopic (exact) mass is 277 g/mol. The molecule has 0 saturated heterocycles. The van der Waals surface area contributed by atoms with Gasteiger partial charge in [-0.3, -0.25) is 4.98 Å². The van der Waals surface area contributed by atoms with Gasteiger partial charge in [0.2, 0.25) is 5.69 Å². The molecule has 0 atom stereocenters. The minimum atomic E-state index is 0.859. The number of nitrogens with zero attached hydrogens (tertiary/aromatic N) is 2. The number of benzene rings is 1. The molecule has 0 aliphatic heterocycles. The van der Waals surface area contributed by atoms with Crippen LogP contribution in [0, 0.1) is 0 Å². The van der Waals surface area contributed by atoms with E-state index in [0.717, 1.165) is 28.1 Å². The largest absolute Gasteiger partial charge is 0.496 e. The third-order valence-corrected chi connectivity index (χ3v) is 3.53. The number of hydrogen-bond acceptors (Lipinski definition) is 2. The zero-order chi connectivity index (χ0) is 14.7. The average Bonchev–Trinajstić information content (AvgIpc) is 2.56. The van der Waals surface area contributed by atoms with Crippen molar-refractivity contribution in [1.29, 1.82) is 0 Å². The summed E-state index contributed by atoms with van der Waals surface area (Å²) in [6.07, 6.45) is 5.67. The smallest absolute Gasteiger partial charge is 0.216 e. The van der Waals surface area contributed by atoms with E-state index < -0.39 is 0 Å². The molecule has 2 aromatic heterocycles. The Balaban J connectivity index is 2.11. The number of aryl methyl sites for hydroxylation is 1. The summed E-state index contributed by atoms with van der Waals surface area (Å²) in [5.41, 5.74) is 4.38. The molecule has 2 heterocycles. The molecular weight excluding hydrogens is 260 g/mol. The summed E-state index contributed by atoms with van der Waals surface area (Å²) in [4.78, 5) is 4.17. The molecule has 0 bridgehead atoms. The van der Waals surface area contributed by atoms with Crippen LogP contribution < -0.4 is 9.30 Å². The molecule has 3 rings (SSSR count). The lowest BCUT2D eigenvalue weighted by molar-refractivity contribution is -0.660. The molecule has 21 heavy (non-hydrogen) atoms. The summed E-state index contributed by atoms with van der Waals surface area (Å²) in [5, 5.41) is 0. The van der Waals surface area contributed by atoms with Crippen LogP contribution in [0.25, 0.3) is 22.4 Å². The van der Waals surface area contributed by atoms with Gasteiger partial charge in [-0.05, 0) is 29.8 Å². The van der Waals surface area contributed by atoms with Crippen molar-refractivity contribution in [2.75, 3.05) is 7.11 Å². The molecule has 1 aromatic carbocycles. The second-order valence-corrected chi connectivity index (χ2v) is 4.85. The maximum Gasteiger partial charge on any atom is 0.216 e. The standard InChI is InChI=1S/C18H17N2O/c1-20-11-4-3-7-17(20)16-9-8-14(12-18(16)21-2)15-6-5-10-19-13-15/h3-13H,1-2H3/q+1. The second-order valence-electron chi connectivity index (χ2n) is 4.85. The third kappa shape index (κ3) is 2.63. The Morgan fingerprint density at radius 2 is 1.90 bits per heavy atom. The minimum Gasteiger partial charge on any atom is -0.496 e. The molecule has 3 heteroatoms. The fourth-order valence-electron chi connectivity index (χ4n) is 2.42. The molecule has 3 nitrogen and oxygen atoms in total. The minimum absolute atomic E-state index is 0.859. The van der Waals surface area contributed by atoms with E-state index >= 15 is 0 Å². The zero-order valence-electron chi connectivity index (χ0n) is 12.2. The summed E-state index contributed by atoms with van der Waals surface area (Å²) in [6.45, 7) is 0. The van der Waals surface area contributed by atoms with Crippen LogP contribution >= 0.6 is 0 Å². The van der Waals surface area contributed by atoms with Crippen LogP contribution in [-0.2, 0) is 7.05 Å². The van der Waals surface area contributed by atoms with Crippen molar-refractivity contribution < 1.29 is 9.30 Å². The van der Waals surface area contributed by atoms with Gasteiger partial charge in [0.1, 0.15) is 12.8 Å². The van der Waals surface area contributed by atoms with Crippen molar-refractivity contribution in [2.45, 2.75) is 0 Å². The van der Waals surface area contributed by atoms with Crippen molar-refractivity contribution in [3.8, 4) is 28.1 Å². The van der Waals surface area contributed by atoms with E-state index in [4.69, 9.17) is 4.74 Å². The van der Waals surface area contributed by atoms with Gasteiger partial charge in [0.05, 0.1) is 12.7 Å². The molecule has 0 aliphatic rings. The predicted octanol–water partition coefficient (Wildman–Crippen LogP) is 3.25. The van der Waals surface area contributed by atoms with E-state index in [2.05, 4.69) is 33.8 Å². The van der Waals surface area contributed by atoms with Crippen molar-refractivity contribution in [3.63, 3.8) is 0 Å². The van der Waals surface area contributed by atoms with Gasteiger partial charge in [-0.2, -0.15) is 0 Å². The molecule has 104 valence electrons. The van der Waals surface area contributed by atoms with Crippen molar-refractivity contribution in [1.82, 2.24) is 4.98 Å². The number of hydrogen-bond donors (Lipinski definition) is 0. The molecule has 0 aliphatic carbocycles. The van der Waals surface area contributed by atoms with Gasteiger partial charge in [-0.1, -0.05) is 12.1 Å². The maximum absolute atomic E-state index is 5.58. The molecule has 0 unspecified atom stereocenters. The van der Waals surface area contributed by atoms with Crippen LogP contribution in [0.2, 0.25) is 0 Å². The van der Waals surface area contributed by atoms with Gasteiger partial charge in [0, 0.05) is 30.1 Å². The number of pyridine rings is 2. The first-order valence-corrected chi connectivity index (χ1v) is 6.83. The highest BCUT2D eigenvalue weighted by molar-refractivity contribution is 5.73. The fourth-order valence-corrected chi connectivity index (χ4v) is 2.42. The fraction of sp³-hybridized carbons (Fsp3) is 0.111. The zero-order valence-corrected chi connectivity index (χ0v) is 12.2. The van der Waals surface area contributed by atoms with Gasteiger partial charge in [0.15, 0.2) is 6.20 Å². The van der Waals surface area contributed by atoms with E-state index in [0.29, 0.717) is 0 Å². The van der Waals surface area contributed by atoms with Crippen molar-refractivity contribution in [3.05, 3.63) is 67.1 Å². The van der Waals surface area contributed by atoms with Gasteiger partial charge < -0.3 is 4.74 Å². The molecule has 0 fully saturated rings. The SMILES string of the molecule is COc1cc(-c2cccnc2)ccc1-c1cccc[n+]1C. The van der Waals surface area contributed by atoms with E-state index in [-0.39, 0.29) is 0 Å². The van der Waals surface area contributed by atoms with Crippen LogP contribution in [0.1, 0.15) is 0 Å². The number of ether oxygens (including phenoxy) is 1. The van der Waals surface area contributed by atoms with Crippen molar-refractivity contribution in [2.24, 2.45) is 7.05 Å². The van der Waals surface area contributed by atoms with Crippen LogP contribution in [0.3, 0.4) is 0 Å². The average molecular weight is 277 g/mol. The molecule has 0 spiro atoms. The second kappa shape index (κ2) is 5.75. The van der Waals surface area contributed by atoms with Crippen LogP contribution in [0.4, 0.5) is 0 Å². The first-order chi connectivity index (χ1) is 10.3. The molecule has 0 N–H and O–H groups in total. The lowest BCUT2D eigenvalue weighted by Gasteiger charge is -2.09. The lowest BCUT2D eigenvalue weighted by Crippen LogP contribution is -2.30. The van der Waals surface area contributed by atoms with Gasteiger partial charge in [-0.25, -0.2) is 4.57 Å². The predicted molar refractivity (Wildman–Crippen MR) is 82.8 cm³/mol. The van der Waals surface area contributed by atoms with Gasteiger partial charge in [-0.15, -0.1) is 0 Å².